The molecule has 0 spiro atoms. The van der Waals surface area contributed by atoms with E-state index in [-0.39, 0.29) is 29.3 Å². The SMILES string of the molecule is CC(C)c1nn(-c2cccc(C(=O)N(C)c3ccc4c(c3)OCO4)c2)c(C(=O)O)c1Cl. The van der Waals surface area contributed by atoms with Gasteiger partial charge in [0, 0.05) is 24.4 Å². The first-order valence-corrected chi connectivity index (χ1v) is 9.95. The maximum Gasteiger partial charge on any atom is 0.356 e. The van der Waals surface area contributed by atoms with Gasteiger partial charge in [-0.15, -0.1) is 0 Å². The van der Waals surface area contributed by atoms with E-state index < -0.39 is 5.97 Å². The second-order valence-corrected chi connectivity index (χ2v) is 7.75. The van der Waals surface area contributed by atoms with Crippen molar-refractivity contribution in [1.29, 1.82) is 0 Å². The van der Waals surface area contributed by atoms with Crippen molar-refractivity contribution in [2.75, 3.05) is 18.7 Å². The van der Waals surface area contributed by atoms with Gasteiger partial charge in [-0.1, -0.05) is 31.5 Å². The number of carbonyl (C=O) groups excluding carboxylic acids is 1. The van der Waals surface area contributed by atoms with Crippen LogP contribution in [0, 0.1) is 0 Å². The van der Waals surface area contributed by atoms with Gasteiger partial charge in [0.15, 0.2) is 17.2 Å². The van der Waals surface area contributed by atoms with Gasteiger partial charge < -0.3 is 19.5 Å². The molecule has 1 N–H and O–H groups in total. The third kappa shape index (κ3) is 3.70. The minimum Gasteiger partial charge on any atom is -0.476 e. The lowest BCUT2D eigenvalue weighted by molar-refractivity contribution is 0.0687. The maximum absolute atomic E-state index is 13.1. The van der Waals surface area contributed by atoms with Crippen LogP contribution in [0.5, 0.6) is 11.5 Å². The first kappa shape index (κ1) is 20.7. The van der Waals surface area contributed by atoms with E-state index in [0.29, 0.717) is 34.1 Å². The molecule has 0 radical (unpaired) electrons. The molecule has 1 amide bonds. The Morgan fingerprint density at radius 1 is 1.16 bits per heavy atom. The molecule has 0 unspecified atom stereocenters. The number of carbonyl (C=O) groups is 2. The maximum atomic E-state index is 13.1. The fourth-order valence-electron chi connectivity index (χ4n) is 3.33. The number of carboxylic acid groups (broad SMARTS) is 1. The predicted molar refractivity (Wildman–Crippen MR) is 115 cm³/mol. The molecule has 1 aromatic heterocycles. The number of rotatable bonds is 5. The second-order valence-electron chi connectivity index (χ2n) is 7.37. The van der Waals surface area contributed by atoms with Crippen molar-refractivity contribution in [2.24, 2.45) is 0 Å². The van der Waals surface area contributed by atoms with Crippen molar-refractivity contribution in [3.63, 3.8) is 0 Å². The summed E-state index contributed by atoms with van der Waals surface area (Å²) in [5, 5.41) is 14.1. The third-order valence-electron chi connectivity index (χ3n) is 4.99. The summed E-state index contributed by atoms with van der Waals surface area (Å²) in [5.41, 5.74) is 1.77. The topological polar surface area (TPSA) is 93.9 Å². The van der Waals surface area contributed by atoms with Crippen molar-refractivity contribution in [3.8, 4) is 17.2 Å². The minimum absolute atomic E-state index is 0.0613. The van der Waals surface area contributed by atoms with Crippen molar-refractivity contribution in [1.82, 2.24) is 9.78 Å². The Bertz CT molecular complexity index is 1190. The summed E-state index contributed by atoms with van der Waals surface area (Å²) in [5.74, 6) is -0.332. The van der Waals surface area contributed by atoms with Gasteiger partial charge in [0.25, 0.3) is 5.91 Å². The van der Waals surface area contributed by atoms with Crippen LogP contribution in [-0.4, -0.2) is 40.6 Å². The number of benzene rings is 2. The van der Waals surface area contributed by atoms with Crippen LogP contribution in [-0.2, 0) is 0 Å². The Labute approximate surface area is 183 Å². The number of carboxylic acids is 1. The van der Waals surface area contributed by atoms with E-state index in [4.69, 9.17) is 21.1 Å². The van der Waals surface area contributed by atoms with Gasteiger partial charge in [-0.3, -0.25) is 4.79 Å². The molecule has 0 bridgehead atoms. The van der Waals surface area contributed by atoms with Crippen LogP contribution in [0.2, 0.25) is 5.02 Å². The number of halogens is 1. The molecule has 9 heteroatoms. The second kappa shape index (κ2) is 7.96. The molecule has 4 rings (SSSR count). The number of nitrogens with zero attached hydrogens (tertiary/aromatic N) is 3. The van der Waals surface area contributed by atoms with Gasteiger partial charge in [0.2, 0.25) is 6.79 Å². The van der Waals surface area contributed by atoms with Crippen LogP contribution in [0.1, 0.15) is 46.3 Å². The molecule has 2 aromatic carbocycles. The van der Waals surface area contributed by atoms with Gasteiger partial charge in [-0.2, -0.15) is 5.10 Å². The number of aromatic nitrogens is 2. The van der Waals surface area contributed by atoms with Crippen molar-refractivity contribution in [2.45, 2.75) is 19.8 Å². The first-order chi connectivity index (χ1) is 14.8. The van der Waals surface area contributed by atoms with E-state index in [9.17, 15) is 14.7 Å². The van der Waals surface area contributed by atoms with Gasteiger partial charge in [0.05, 0.1) is 16.4 Å². The van der Waals surface area contributed by atoms with E-state index in [0.717, 1.165) is 0 Å². The lowest BCUT2D eigenvalue weighted by Gasteiger charge is -2.18. The molecule has 0 atom stereocenters. The molecular weight excluding hydrogens is 422 g/mol. The molecule has 3 aromatic rings. The summed E-state index contributed by atoms with van der Waals surface area (Å²) in [7, 11) is 1.65. The molecule has 1 aliphatic rings. The van der Waals surface area contributed by atoms with Crippen LogP contribution < -0.4 is 14.4 Å². The summed E-state index contributed by atoms with van der Waals surface area (Å²) >= 11 is 6.29. The highest BCUT2D eigenvalue weighted by Gasteiger charge is 2.25. The average Bonchev–Trinajstić information content (AvgIpc) is 3.36. The third-order valence-corrected chi connectivity index (χ3v) is 5.36. The largest absolute Gasteiger partial charge is 0.476 e. The Kier molecular flexibility index (Phi) is 5.32. The Hall–Kier alpha value is -3.52. The lowest BCUT2D eigenvalue weighted by atomic mass is 10.1. The number of aromatic carboxylic acids is 1. The van der Waals surface area contributed by atoms with Crippen LogP contribution in [0.3, 0.4) is 0 Å². The minimum atomic E-state index is -1.20. The normalized spacial score (nSPS) is 12.3. The summed E-state index contributed by atoms with van der Waals surface area (Å²) in [6.07, 6.45) is 0. The smallest absolute Gasteiger partial charge is 0.356 e. The monoisotopic (exact) mass is 441 g/mol. The number of hydrogen-bond donors (Lipinski definition) is 1. The highest BCUT2D eigenvalue weighted by Crippen LogP contribution is 2.35. The number of anilines is 1. The van der Waals surface area contributed by atoms with E-state index in [1.54, 1.807) is 49.5 Å². The molecule has 160 valence electrons. The van der Waals surface area contributed by atoms with Crippen molar-refractivity contribution in [3.05, 3.63) is 64.4 Å². The quantitative estimate of drug-likeness (QED) is 0.632. The summed E-state index contributed by atoms with van der Waals surface area (Å²) < 4.78 is 11.9. The van der Waals surface area contributed by atoms with Gasteiger partial charge in [0.1, 0.15) is 0 Å². The molecule has 0 saturated heterocycles. The number of amides is 1. The van der Waals surface area contributed by atoms with Crippen molar-refractivity contribution >= 4 is 29.2 Å². The molecule has 1 aliphatic heterocycles. The number of hydrogen-bond acceptors (Lipinski definition) is 5. The molecule has 0 aliphatic carbocycles. The fourth-order valence-corrected chi connectivity index (χ4v) is 3.75. The zero-order chi connectivity index (χ0) is 22.3. The van der Waals surface area contributed by atoms with E-state index >= 15 is 0 Å². The summed E-state index contributed by atoms with van der Waals surface area (Å²) in [4.78, 5) is 26.4. The average molecular weight is 442 g/mol. The van der Waals surface area contributed by atoms with Crippen LogP contribution in [0.4, 0.5) is 5.69 Å². The van der Waals surface area contributed by atoms with E-state index in [1.807, 2.05) is 13.8 Å². The predicted octanol–water partition coefficient (Wildman–Crippen LogP) is 4.35. The first-order valence-electron chi connectivity index (χ1n) is 9.57. The molecule has 2 heterocycles. The van der Waals surface area contributed by atoms with E-state index in [2.05, 4.69) is 5.10 Å². The highest BCUT2D eigenvalue weighted by atomic mass is 35.5. The van der Waals surface area contributed by atoms with Crippen LogP contribution in [0.15, 0.2) is 42.5 Å². The van der Waals surface area contributed by atoms with Crippen LogP contribution >= 0.6 is 11.6 Å². The molecule has 31 heavy (non-hydrogen) atoms. The summed E-state index contributed by atoms with van der Waals surface area (Å²) in [6.45, 7) is 3.91. The van der Waals surface area contributed by atoms with Gasteiger partial charge in [-0.25, -0.2) is 9.48 Å². The molecular formula is C22H20ClN3O5. The zero-order valence-electron chi connectivity index (χ0n) is 17.1. The summed E-state index contributed by atoms with van der Waals surface area (Å²) in [6, 6.07) is 11.8. The zero-order valence-corrected chi connectivity index (χ0v) is 17.9. The highest BCUT2D eigenvalue weighted by molar-refractivity contribution is 6.34. The molecule has 0 fully saturated rings. The lowest BCUT2D eigenvalue weighted by Crippen LogP contribution is -2.26. The standard InChI is InChI=1S/C22H20ClN3O5/c1-12(2)19-18(23)20(22(28)29)26(24-19)15-6-4-5-13(9-15)21(27)25(3)14-7-8-16-17(10-14)31-11-30-16/h4-10,12H,11H2,1-3H3,(H,28,29). The van der Waals surface area contributed by atoms with E-state index in [1.165, 1.54) is 9.58 Å². The molecule has 0 saturated carbocycles. The van der Waals surface area contributed by atoms with Gasteiger partial charge >= 0.3 is 5.97 Å². The van der Waals surface area contributed by atoms with Gasteiger partial charge in [-0.05, 0) is 36.2 Å². The number of ether oxygens (including phenoxy) is 2. The Morgan fingerprint density at radius 3 is 2.61 bits per heavy atom. The Balaban J connectivity index is 1.70. The van der Waals surface area contributed by atoms with Crippen molar-refractivity contribution < 1.29 is 24.2 Å². The fraction of sp³-hybridized carbons (Fsp3) is 0.227. The Morgan fingerprint density at radius 2 is 1.90 bits per heavy atom. The number of fused-ring (bicyclic) bond motifs is 1. The molecule has 8 nitrogen and oxygen atoms in total. The van der Waals surface area contributed by atoms with Crippen LogP contribution in [0.25, 0.3) is 5.69 Å².